The van der Waals surface area contributed by atoms with Gasteiger partial charge in [-0.15, -0.1) is 11.3 Å². The van der Waals surface area contributed by atoms with Crippen molar-refractivity contribution in [1.29, 1.82) is 0 Å². The molecule has 2 aromatic rings. The second kappa shape index (κ2) is 6.50. The first-order valence-corrected chi connectivity index (χ1v) is 8.44. The molecule has 0 bridgehead atoms. The van der Waals surface area contributed by atoms with Crippen LogP contribution in [0.4, 0.5) is 0 Å². The Balaban J connectivity index is 1.49. The van der Waals surface area contributed by atoms with Crippen molar-refractivity contribution in [3.63, 3.8) is 0 Å². The number of carbonyl (C=O) groups excluding carboxylic acids is 1. The summed E-state index contributed by atoms with van der Waals surface area (Å²) >= 11 is 1.59. The predicted octanol–water partition coefficient (Wildman–Crippen LogP) is 2.50. The summed E-state index contributed by atoms with van der Waals surface area (Å²) in [5.41, 5.74) is 3.25. The number of rotatable bonds is 6. The number of aromatic nitrogens is 1. The second-order valence-electron chi connectivity index (χ2n) is 5.84. The lowest BCUT2D eigenvalue weighted by Crippen LogP contribution is -2.28. The van der Waals surface area contributed by atoms with E-state index in [4.69, 9.17) is 5.11 Å². The molecule has 6 heteroatoms. The molecule has 1 aromatic heterocycles. The quantitative estimate of drug-likeness (QED) is 0.853. The number of benzene rings is 1. The van der Waals surface area contributed by atoms with Crippen LogP contribution in [0, 0.1) is 18.8 Å². The number of thiazole rings is 1. The number of carbonyl (C=O) groups is 2. The number of carboxylic acid groups (broad SMARTS) is 1. The summed E-state index contributed by atoms with van der Waals surface area (Å²) < 4.78 is 0. The van der Waals surface area contributed by atoms with Crippen LogP contribution in [0.25, 0.3) is 10.6 Å². The summed E-state index contributed by atoms with van der Waals surface area (Å²) in [4.78, 5) is 27.1. The van der Waals surface area contributed by atoms with Gasteiger partial charge < -0.3 is 10.4 Å². The minimum atomic E-state index is -0.882. The topological polar surface area (TPSA) is 79.3 Å². The molecule has 120 valence electrons. The molecule has 0 spiro atoms. The number of carboxylic acids is 1. The van der Waals surface area contributed by atoms with Gasteiger partial charge in [-0.25, -0.2) is 4.98 Å². The molecule has 1 saturated carbocycles. The Morgan fingerprint density at radius 2 is 2.04 bits per heavy atom. The molecule has 2 unspecified atom stereocenters. The van der Waals surface area contributed by atoms with Gasteiger partial charge in [-0.2, -0.15) is 0 Å². The fourth-order valence-corrected chi connectivity index (χ4v) is 3.31. The molecular weight excluding hydrogens is 312 g/mol. The fraction of sp³-hybridized carbons (Fsp3) is 0.353. The summed E-state index contributed by atoms with van der Waals surface area (Å²) in [5.74, 6) is -1.90. The van der Waals surface area contributed by atoms with E-state index >= 15 is 0 Å². The van der Waals surface area contributed by atoms with Gasteiger partial charge in [0.05, 0.1) is 17.5 Å². The van der Waals surface area contributed by atoms with E-state index in [1.165, 1.54) is 5.56 Å². The van der Waals surface area contributed by atoms with Crippen molar-refractivity contribution in [3.05, 3.63) is 40.9 Å². The smallest absolute Gasteiger partial charge is 0.307 e. The van der Waals surface area contributed by atoms with Crippen LogP contribution in [0.3, 0.4) is 0 Å². The molecule has 1 aromatic carbocycles. The first kappa shape index (κ1) is 15.7. The Labute approximate surface area is 138 Å². The Hall–Kier alpha value is -2.21. The third-order valence-corrected chi connectivity index (χ3v) is 4.92. The highest BCUT2D eigenvalue weighted by Gasteiger charge is 2.48. The lowest BCUT2D eigenvalue weighted by atomic mass is 10.2. The highest BCUT2D eigenvalue weighted by atomic mass is 32.1. The number of nitrogens with one attached hydrogen (secondary N) is 1. The van der Waals surface area contributed by atoms with E-state index in [1.807, 2.05) is 5.38 Å². The van der Waals surface area contributed by atoms with Crippen molar-refractivity contribution >= 4 is 23.2 Å². The molecule has 1 aliphatic carbocycles. The number of nitrogens with zero attached hydrogens (tertiary/aromatic N) is 1. The maximum atomic E-state index is 11.8. The molecule has 1 aliphatic rings. The number of aryl methyl sites for hydroxylation is 1. The molecule has 2 atom stereocenters. The van der Waals surface area contributed by atoms with Crippen molar-refractivity contribution < 1.29 is 14.7 Å². The van der Waals surface area contributed by atoms with Gasteiger partial charge in [0.1, 0.15) is 5.01 Å². The largest absolute Gasteiger partial charge is 0.481 e. The predicted molar refractivity (Wildman–Crippen MR) is 88.2 cm³/mol. The highest BCUT2D eigenvalue weighted by Crippen LogP contribution is 2.38. The lowest BCUT2D eigenvalue weighted by Gasteiger charge is -2.02. The van der Waals surface area contributed by atoms with Gasteiger partial charge in [0.2, 0.25) is 5.91 Å². The van der Waals surface area contributed by atoms with E-state index < -0.39 is 11.9 Å². The Morgan fingerprint density at radius 1 is 1.30 bits per heavy atom. The Bertz CT molecular complexity index is 724. The Morgan fingerprint density at radius 3 is 2.70 bits per heavy atom. The number of hydrogen-bond acceptors (Lipinski definition) is 4. The van der Waals surface area contributed by atoms with E-state index in [1.54, 1.807) is 11.3 Å². The lowest BCUT2D eigenvalue weighted by molar-refractivity contribution is -0.140. The van der Waals surface area contributed by atoms with E-state index in [2.05, 4.69) is 41.5 Å². The monoisotopic (exact) mass is 330 g/mol. The van der Waals surface area contributed by atoms with Crippen LogP contribution in [0.1, 0.15) is 17.7 Å². The molecule has 0 radical (unpaired) electrons. The first-order valence-electron chi connectivity index (χ1n) is 7.56. The van der Waals surface area contributed by atoms with Crippen molar-refractivity contribution in [2.75, 3.05) is 6.54 Å². The Kier molecular flexibility index (Phi) is 4.43. The number of aliphatic carboxylic acids is 1. The summed E-state index contributed by atoms with van der Waals surface area (Å²) in [7, 11) is 0. The highest BCUT2D eigenvalue weighted by molar-refractivity contribution is 7.13. The summed E-state index contributed by atoms with van der Waals surface area (Å²) in [5, 5.41) is 14.6. The zero-order valence-corrected chi connectivity index (χ0v) is 13.6. The van der Waals surface area contributed by atoms with Gasteiger partial charge in [-0.3, -0.25) is 9.59 Å². The van der Waals surface area contributed by atoms with Crippen LogP contribution >= 0.6 is 11.3 Å². The average molecular weight is 330 g/mol. The third kappa shape index (κ3) is 3.76. The van der Waals surface area contributed by atoms with Crippen molar-refractivity contribution in [2.24, 2.45) is 11.8 Å². The first-order chi connectivity index (χ1) is 11.0. The average Bonchev–Trinajstić information content (AvgIpc) is 3.21. The molecular formula is C17H18N2O3S. The third-order valence-electron chi connectivity index (χ3n) is 3.98. The van der Waals surface area contributed by atoms with Crippen LogP contribution in [-0.2, 0) is 16.0 Å². The zero-order valence-electron chi connectivity index (χ0n) is 12.8. The number of hydrogen-bond donors (Lipinski definition) is 2. The van der Waals surface area contributed by atoms with Crippen LogP contribution in [0.15, 0.2) is 29.6 Å². The molecule has 1 amide bonds. The van der Waals surface area contributed by atoms with E-state index in [-0.39, 0.29) is 11.8 Å². The van der Waals surface area contributed by atoms with Crippen molar-refractivity contribution in [2.45, 2.75) is 19.8 Å². The summed E-state index contributed by atoms with van der Waals surface area (Å²) in [6.07, 6.45) is 1.11. The van der Waals surface area contributed by atoms with Crippen molar-refractivity contribution in [3.8, 4) is 10.6 Å². The van der Waals surface area contributed by atoms with Gasteiger partial charge >= 0.3 is 5.97 Å². The van der Waals surface area contributed by atoms with Crippen molar-refractivity contribution in [1.82, 2.24) is 10.3 Å². The molecule has 1 fully saturated rings. The van der Waals surface area contributed by atoms with Gasteiger partial charge in [0.15, 0.2) is 0 Å². The molecule has 0 aliphatic heterocycles. The fourth-order valence-electron chi connectivity index (χ4n) is 2.45. The van der Waals surface area contributed by atoms with Crippen LogP contribution < -0.4 is 5.32 Å². The molecule has 3 rings (SSSR count). The minimum Gasteiger partial charge on any atom is -0.481 e. The number of amides is 1. The van der Waals surface area contributed by atoms with E-state index in [9.17, 15) is 9.59 Å². The standard InChI is InChI=1S/C17H18N2O3S/c1-10-2-4-11(5-3-10)16-19-12(9-23-16)6-7-18-15(20)13-8-14(13)17(21)22/h2-5,9,13-14H,6-8H2,1H3,(H,18,20)(H,21,22). The molecule has 2 N–H and O–H groups in total. The van der Waals surface area contributed by atoms with E-state index in [0.717, 1.165) is 16.3 Å². The van der Waals surface area contributed by atoms with Crippen LogP contribution in [0.5, 0.6) is 0 Å². The van der Waals surface area contributed by atoms with Gasteiger partial charge in [0.25, 0.3) is 0 Å². The SMILES string of the molecule is Cc1ccc(-c2nc(CCNC(=O)C3CC3C(=O)O)cs2)cc1. The molecule has 1 heterocycles. The zero-order chi connectivity index (χ0) is 16.4. The normalized spacial score (nSPS) is 19.3. The van der Waals surface area contributed by atoms with Gasteiger partial charge in [-0.1, -0.05) is 29.8 Å². The maximum Gasteiger partial charge on any atom is 0.307 e. The van der Waals surface area contributed by atoms with Gasteiger partial charge in [-0.05, 0) is 13.3 Å². The minimum absolute atomic E-state index is 0.161. The molecule has 5 nitrogen and oxygen atoms in total. The summed E-state index contributed by atoms with van der Waals surface area (Å²) in [6, 6.07) is 8.23. The second-order valence-corrected chi connectivity index (χ2v) is 6.70. The summed E-state index contributed by atoms with van der Waals surface area (Å²) in [6.45, 7) is 2.53. The maximum absolute atomic E-state index is 11.8. The molecule has 23 heavy (non-hydrogen) atoms. The van der Waals surface area contributed by atoms with E-state index in [0.29, 0.717) is 19.4 Å². The van der Waals surface area contributed by atoms with Crippen LogP contribution in [0.2, 0.25) is 0 Å². The van der Waals surface area contributed by atoms with Crippen LogP contribution in [-0.4, -0.2) is 28.5 Å². The molecule has 0 saturated heterocycles. The van der Waals surface area contributed by atoms with Gasteiger partial charge in [0, 0.05) is 23.9 Å².